The highest BCUT2D eigenvalue weighted by atomic mass is 16.6. The molecule has 2 aliphatic rings. The molecule has 1 aromatic carbocycles. The van der Waals surface area contributed by atoms with Crippen LogP contribution in [0.5, 0.6) is 11.6 Å². The molecular formula is C24H30N4O5. The highest BCUT2D eigenvalue weighted by Gasteiger charge is 2.31. The molecule has 33 heavy (non-hydrogen) atoms. The summed E-state index contributed by atoms with van der Waals surface area (Å²) < 4.78 is 11.6. The molecule has 2 fully saturated rings. The number of aromatic nitrogens is 2. The number of carbonyl (C=O) groups excluding carboxylic acids is 1. The van der Waals surface area contributed by atoms with Crippen molar-refractivity contribution in [3.63, 3.8) is 0 Å². The molecule has 0 bridgehead atoms. The zero-order chi connectivity index (χ0) is 23.2. The van der Waals surface area contributed by atoms with Crippen molar-refractivity contribution < 1.29 is 19.2 Å². The Morgan fingerprint density at radius 2 is 1.76 bits per heavy atom. The van der Waals surface area contributed by atoms with Gasteiger partial charge in [0.2, 0.25) is 5.82 Å². The van der Waals surface area contributed by atoms with Crippen LogP contribution in [0.3, 0.4) is 0 Å². The number of carbonyl (C=O) groups is 1. The lowest BCUT2D eigenvalue weighted by Crippen LogP contribution is -2.36. The van der Waals surface area contributed by atoms with E-state index in [2.05, 4.69) is 9.97 Å². The summed E-state index contributed by atoms with van der Waals surface area (Å²) >= 11 is 0. The highest BCUT2D eigenvalue weighted by Crippen LogP contribution is 2.37. The van der Waals surface area contributed by atoms with Gasteiger partial charge in [-0.2, -0.15) is 4.98 Å². The van der Waals surface area contributed by atoms with Crippen LogP contribution in [0.25, 0.3) is 0 Å². The molecule has 0 unspecified atom stereocenters. The summed E-state index contributed by atoms with van der Waals surface area (Å²) in [4.78, 5) is 32.8. The minimum atomic E-state index is -0.475. The molecule has 176 valence electrons. The van der Waals surface area contributed by atoms with Gasteiger partial charge in [-0.1, -0.05) is 12.1 Å². The van der Waals surface area contributed by atoms with Gasteiger partial charge >= 0.3 is 11.6 Å². The smallest absolute Gasteiger partial charge is 0.373 e. The first-order valence-electron chi connectivity index (χ1n) is 11.6. The van der Waals surface area contributed by atoms with Gasteiger partial charge in [0.1, 0.15) is 17.9 Å². The average Bonchev–Trinajstić information content (AvgIpc) is 3.63. The lowest BCUT2D eigenvalue weighted by atomic mass is 9.98. The van der Waals surface area contributed by atoms with E-state index < -0.39 is 4.92 Å². The van der Waals surface area contributed by atoms with Gasteiger partial charge in [-0.05, 0) is 68.6 Å². The summed E-state index contributed by atoms with van der Waals surface area (Å²) in [7, 11) is 0. The van der Waals surface area contributed by atoms with Crippen LogP contribution in [0.1, 0.15) is 44.6 Å². The molecule has 0 N–H and O–H groups in total. The molecule has 1 aliphatic carbocycles. The van der Waals surface area contributed by atoms with E-state index in [-0.39, 0.29) is 17.4 Å². The Bertz CT molecular complexity index is 969. The van der Waals surface area contributed by atoms with Crippen LogP contribution in [0.4, 0.5) is 11.5 Å². The number of nitrogens with zero attached hydrogens (tertiary/aromatic N) is 4. The van der Waals surface area contributed by atoms with E-state index in [0.29, 0.717) is 43.4 Å². The van der Waals surface area contributed by atoms with Crippen molar-refractivity contribution in [2.45, 2.75) is 45.4 Å². The Hall–Kier alpha value is -3.07. The number of hydrogen-bond acceptors (Lipinski definition) is 8. The van der Waals surface area contributed by atoms with Gasteiger partial charge in [-0.25, -0.2) is 4.98 Å². The predicted molar refractivity (Wildman–Crippen MR) is 123 cm³/mol. The van der Waals surface area contributed by atoms with Crippen molar-refractivity contribution in [3.8, 4) is 11.6 Å². The number of nitro groups is 1. The minimum absolute atomic E-state index is 0.0728. The largest absolute Gasteiger partial charge is 0.434 e. The number of anilines is 1. The molecule has 9 nitrogen and oxygen atoms in total. The van der Waals surface area contributed by atoms with Crippen LogP contribution >= 0.6 is 0 Å². The van der Waals surface area contributed by atoms with Crippen LogP contribution in [0.2, 0.25) is 0 Å². The number of Topliss-reactive ketones (excluding diaryl/α,β-unsaturated/α-hetero) is 1. The zero-order valence-corrected chi connectivity index (χ0v) is 18.9. The first-order chi connectivity index (χ1) is 16.0. The summed E-state index contributed by atoms with van der Waals surface area (Å²) in [5, 5.41) is 11.9. The second-order valence-electron chi connectivity index (χ2n) is 8.97. The zero-order valence-electron chi connectivity index (χ0n) is 18.9. The molecule has 0 spiro atoms. The van der Waals surface area contributed by atoms with Gasteiger partial charge < -0.3 is 19.2 Å². The van der Waals surface area contributed by atoms with E-state index in [9.17, 15) is 14.9 Å². The van der Waals surface area contributed by atoms with Crippen LogP contribution in [0, 0.1) is 22.0 Å². The fraction of sp³-hybridized carbons (Fsp3) is 0.542. The van der Waals surface area contributed by atoms with Crippen molar-refractivity contribution in [1.29, 1.82) is 0 Å². The number of aryl methyl sites for hydroxylation is 1. The topological polar surface area (TPSA) is 108 Å². The molecule has 0 radical (unpaired) electrons. The van der Waals surface area contributed by atoms with Crippen molar-refractivity contribution >= 4 is 17.3 Å². The monoisotopic (exact) mass is 454 g/mol. The van der Waals surface area contributed by atoms with Gasteiger partial charge in [0, 0.05) is 32.7 Å². The van der Waals surface area contributed by atoms with Crippen LogP contribution in [-0.2, 0) is 16.0 Å². The molecule has 1 aromatic heterocycles. The molecule has 1 saturated carbocycles. The van der Waals surface area contributed by atoms with Gasteiger partial charge in [0.25, 0.3) is 0 Å². The third-order valence-electron chi connectivity index (χ3n) is 6.17. The number of benzene rings is 1. The molecule has 2 aromatic rings. The van der Waals surface area contributed by atoms with Crippen molar-refractivity contribution in [3.05, 3.63) is 46.3 Å². The lowest BCUT2D eigenvalue weighted by Gasteiger charge is -2.32. The summed E-state index contributed by atoms with van der Waals surface area (Å²) in [6.07, 6.45) is 6.81. The molecule has 2 heterocycles. The van der Waals surface area contributed by atoms with E-state index in [1.165, 1.54) is 19.2 Å². The summed E-state index contributed by atoms with van der Waals surface area (Å²) in [5.41, 5.74) is 0.779. The van der Waals surface area contributed by atoms with Gasteiger partial charge in [-0.15, -0.1) is 0 Å². The van der Waals surface area contributed by atoms with Gasteiger partial charge in [0.15, 0.2) is 0 Å². The number of piperidine rings is 1. The fourth-order valence-electron chi connectivity index (χ4n) is 3.97. The van der Waals surface area contributed by atoms with Gasteiger partial charge in [0.05, 0.1) is 4.92 Å². The number of ether oxygens (including phenoxy) is 2. The average molecular weight is 455 g/mol. The number of ketones is 1. The van der Waals surface area contributed by atoms with E-state index >= 15 is 0 Å². The maximum Gasteiger partial charge on any atom is 0.373 e. The Kier molecular flexibility index (Phi) is 7.49. The standard InChI is InChI=1S/C24H30N4O5/c1-17(29)2-3-18-6-8-21(9-7-18)33-24-22(28(30)31)23(25-16-26-24)27-12-10-20(11-13-27)15-32-14-19-4-5-19/h6-9,16,19-20H,2-5,10-15H2,1H3. The molecule has 0 amide bonds. The van der Waals surface area contributed by atoms with E-state index in [0.717, 1.165) is 37.5 Å². The van der Waals surface area contributed by atoms with E-state index in [1.807, 2.05) is 17.0 Å². The van der Waals surface area contributed by atoms with Crippen molar-refractivity contribution in [2.24, 2.45) is 11.8 Å². The molecule has 9 heteroatoms. The first-order valence-corrected chi connectivity index (χ1v) is 11.6. The Morgan fingerprint density at radius 1 is 1.09 bits per heavy atom. The summed E-state index contributed by atoms with van der Waals surface area (Å²) in [6, 6.07) is 7.16. The summed E-state index contributed by atoms with van der Waals surface area (Å²) in [6.45, 7) is 4.54. The third-order valence-corrected chi connectivity index (χ3v) is 6.17. The molecule has 1 aliphatic heterocycles. The SMILES string of the molecule is CC(=O)CCc1ccc(Oc2ncnc(N3CCC(COCC4CC4)CC3)c2[N+](=O)[O-])cc1. The second-order valence-corrected chi connectivity index (χ2v) is 8.97. The maximum atomic E-state index is 11.9. The lowest BCUT2D eigenvalue weighted by molar-refractivity contribution is -0.385. The molecular weight excluding hydrogens is 424 g/mol. The van der Waals surface area contributed by atoms with Gasteiger partial charge in [-0.3, -0.25) is 10.1 Å². The van der Waals surface area contributed by atoms with Crippen LogP contribution in [-0.4, -0.2) is 47.0 Å². The van der Waals surface area contributed by atoms with Crippen molar-refractivity contribution in [1.82, 2.24) is 9.97 Å². The molecule has 1 saturated heterocycles. The normalized spacial score (nSPS) is 16.6. The minimum Gasteiger partial charge on any atom is -0.434 e. The quantitative estimate of drug-likeness (QED) is 0.364. The number of rotatable bonds is 11. The van der Waals surface area contributed by atoms with Crippen molar-refractivity contribution in [2.75, 3.05) is 31.2 Å². The maximum absolute atomic E-state index is 11.9. The fourth-order valence-corrected chi connectivity index (χ4v) is 3.97. The van der Waals surface area contributed by atoms with Crippen LogP contribution < -0.4 is 9.64 Å². The summed E-state index contributed by atoms with van der Waals surface area (Å²) in [5.74, 6) is 2.02. The number of hydrogen-bond donors (Lipinski definition) is 0. The van der Waals surface area contributed by atoms with E-state index in [1.54, 1.807) is 19.1 Å². The third kappa shape index (κ3) is 6.47. The second kappa shape index (κ2) is 10.7. The Morgan fingerprint density at radius 3 is 2.36 bits per heavy atom. The highest BCUT2D eigenvalue weighted by molar-refractivity contribution is 5.75. The van der Waals surface area contributed by atoms with E-state index in [4.69, 9.17) is 9.47 Å². The predicted octanol–water partition coefficient (Wildman–Crippen LogP) is 4.34. The molecule has 0 atom stereocenters. The Labute approximate surface area is 193 Å². The molecule has 4 rings (SSSR count). The Balaban J connectivity index is 1.40. The van der Waals surface area contributed by atoms with Crippen LogP contribution in [0.15, 0.2) is 30.6 Å². The first kappa shape index (κ1) is 23.1.